The van der Waals surface area contributed by atoms with E-state index in [-0.39, 0.29) is 10.5 Å². The topological polar surface area (TPSA) is 63.7 Å². The maximum Gasteiger partial charge on any atom is 0.339 e. The number of sulfonamides is 1. The second kappa shape index (κ2) is 6.15. The van der Waals surface area contributed by atoms with Gasteiger partial charge in [0, 0.05) is 13.1 Å². The second-order valence-electron chi connectivity index (χ2n) is 5.76. The van der Waals surface area contributed by atoms with Crippen molar-refractivity contribution in [2.75, 3.05) is 20.2 Å². The number of hydrogen-bond donors (Lipinski definition) is 0. The minimum absolute atomic E-state index is 0.0261. The smallest absolute Gasteiger partial charge is 0.339 e. The van der Waals surface area contributed by atoms with Crippen molar-refractivity contribution in [3.63, 3.8) is 0 Å². The van der Waals surface area contributed by atoms with Crippen LogP contribution in [0.2, 0.25) is 0 Å². The minimum Gasteiger partial charge on any atom is -0.465 e. The van der Waals surface area contributed by atoms with Crippen molar-refractivity contribution in [2.45, 2.75) is 25.2 Å². The molecule has 5 nitrogen and oxygen atoms in total. The van der Waals surface area contributed by atoms with Crippen LogP contribution in [0.1, 0.15) is 30.6 Å². The summed E-state index contributed by atoms with van der Waals surface area (Å²) in [4.78, 5) is 11.8. The normalized spacial score (nSPS) is 23.8. The Morgan fingerprint density at radius 2 is 1.76 bits per heavy atom. The van der Waals surface area contributed by atoms with E-state index < -0.39 is 16.0 Å². The van der Waals surface area contributed by atoms with Crippen molar-refractivity contribution >= 4 is 16.0 Å². The molecule has 2 atom stereocenters. The Labute approximate surface area is 126 Å². The zero-order valence-electron chi connectivity index (χ0n) is 12.6. The first-order chi connectivity index (χ1) is 9.86. The summed E-state index contributed by atoms with van der Waals surface area (Å²) in [5.41, 5.74) is 0.0888. The molecule has 0 N–H and O–H groups in total. The Kier molecular flexibility index (Phi) is 4.68. The monoisotopic (exact) mass is 311 g/mol. The lowest BCUT2D eigenvalue weighted by atomic mass is 9.94. The highest BCUT2D eigenvalue weighted by Gasteiger charge is 2.34. The molecule has 0 aliphatic carbocycles. The number of nitrogens with zero attached hydrogens (tertiary/aromatic N) is 1. The van der Waals surface area contributed by atoms with Crippen molar-refractivity contribution in [3.05, 3.63) is 29.8 Å². The third kappa shape index (κ3) is 3.27. The van der Waals surface area contributed by atoms with Crippen LogP contribution in [0.25, 0.3) is 0 Å². The highest BCUT2D eigenvalue weighted by Crippen LogP contribution is 2.28. The van der Waals surface area contributed by atoms with Gasteiger partial charge in [-0.15, -0.1) is 0 Å². The average molecular weight is 311 g/mol. The lowest BCUT2D eigenvalue weighted by Crippen LogP contribution is -2.42. The van der Waals surface area contributed by atoms with Crippen LogP contribution in [0.4, 0.5) is 0 Å². The van der Waals surface area contributed by atoms with E-state index in [0.29, 0.717) is 24.9 Å². The first-order valence-electron chi connectivity index (χ1n) is 7.03. The van der Waals surface area contributed by atoms with E-state index in [0.717, 1.165) is 6.42 Å². The van der Waals surface area contributed by atoms with Crippen molar-refractivity contribution in [1.82, 2.24) is 4.31 Å². The second-order valence-corrected chi connectivity index (χ2v) is 7.66. The lowest BCUT2D eigenvalue weighted by Gasteiger charge is -2.34. The molecule has 1 aromatic carbocycles. The molecule has 0 saturated carbocycles. The number of esters is 1. The summed E-state index contributed by atoms with van der Waals surface area (Å²) in [6.07, 6.45) is 1.02. The molecule has 2 rings (SSSR count). The molecule has 1 heterocycles. The Morgan fingerprint density at radius 1 is 1.19 bits per heavy atom. The van der Waals surface area contributed by atoms with Crippen molar-refractivity contribution < 1.29 is 17.9 Å². The van der Waals surface area contributed by atoms with E-state index in [1.54, 1.807) is 12.1 Å². The van der Waals surface area contributed by atoms with Gasteiger partial charge in [-0.1, -0.05) is 26.0 Å². The molecule has 21 heavy (non-hydrogen) atoms. The van der Waals surface area contributed by atoms with E-state index in [1.807, 2.05) is 13.8 Å². The summed E-state index contributed by atoms with van der Waals surface area (Å²) in [6, 6.07) is 6.20. The van der Waals surface area contributed by atoms with Crippen molar-refractivity contribution in [2.24, 2.45) is 11.8 Å². The highest BCUT2D eigenvalue weighted by atomic mass is 32.2. The summed E-state index contributed by atoms with van der Waals surface area (Å²) in [5, 5.41) is 0. The Balaban J connectivity index is 2.42. The average Bonchev–Trinajstić information content (AvgIpc) is 2.45. The van der Waals surface area contributed by atoms with Crippen LogP contribution < -0.4 is 0 Å². The molecule has 6 heteroatoms. The molecule has 0 radical (unpaired) electrons. The van der Waals surface area contributed by atoms with Crippen LogP contribution in [0.3, 0.4) is 0 Å². The predicted octanol–water partition coefficient (Wildman–Crippen LogP) is 2.14. The van der Waals surface area contributed by atoms with Crippen LogP contribution in [-0.4, -0.2) is 38.9 Å². The molecule has 2 unspecified atom stereocenters. The molecule has 1 aliphatic heterocycles. The van der Waals surface area contributed by atoms with Gasteiger partial charge in [0.15, 0.2) is 0 Å². The number of rotatable bonds is 3. The number of ether oxygens (including phenoxy) is 1. The van der Waals surface area contributed by atoms with Gasteiger partial charge in [-0.3, -0.25) is 0 Å². The van der Waals surface area contributed by atoms with Crippen LogP contribution in [0.15, 0.2) is 29.2 Å². The van der Waals surface area contributed by atoms with Crippen molar-refractivity contribution in [1.29, 1.82) is 0 Å². The van der Waals surface area contributed by atoms with Gasteiger partial charge in [0.1, 0.15) is 0 Å². The van der Waals surface area contributed by atoms with Gasteiger partial charge in [-0.05, 0) is 30.4 Å². The maximum atomic E-state index is 12.8. The Hall–Kier alpha value is -1.40. The molecule has 1 aromatic rings. The largest absolute Gasteiger partial charge is 0.465 e. The predicted molar refractivity (Wildman–Crippen MR) is 79.5 cm³/mol. The third-order valence-corrected chi connectivity index (χ3v) is 5.64. The van der Waals surface area contributed by atoms with E-state index in [1.165, 1.54) is 23.5 Å². The van der Waals surface area contributed by atoms with Crippen LogP contribution in [-0.2, 0) is 14.8 Å². The van der Waals surface area contributed by atoms with E-state index in [9.17, 15) is 13.2 Å². The number of carbonyl (C=O) groups excluding carboxylic acids is 1. The van der Waals surface area contributed by atoms with Gasteiger partial charge in [0.25, 0.3) is 0 Å². The fourth-order valence-corrected chi connectivity index (χ4v) is 4.77. The van der Waals surface area contributed by atoms with Crippen LogP contribution in [0.5, 0.6) is 0 Å². The summed E-state index contributed by atoms with van der Waals surface area (Å²) >= 11 is 0. The fraction of sp³-hybridized carbons (Fsp3) is 0.533. The molecular formula is C15H21NO4S. The first-order valence-corrected chi connectivity index (χ1v) is 8.47. The number of carbonyl (C=O) groups is 1. The van der Waals surface area contributed by atoms with Gasteiger partial charge < -0.3 is 4.74 Å². The third-order valence-electron chi connectivity index (χ3n) is 3.75. The van der Waals surface area contributed by atoms with Crippen LogP contribution in [0, 0.1) is 11.8 Å². The van der Waals surface area contributed by atoms with Gasteiger partial charge in [-0.25, -0.2) is 13.2 Å². The Bertz CT molecular complexity index is 616. The van der Waals surface area contributed by atoms with Gasteiger partial charge in [-0.2, -0.15) is 4.31 Å². The SMILES string of the molecule is COC(=O)c1ccccc1S(=O)(=O)N1CC(C)CC(C)C1. The van der Waals surface area contributed by atoms with E-state index in [4.69, 9.17) is 0 Å². The summed E-state index contributed by atoms with van der Waals surface area (Å²) in [7, 11) is -2.43. The molecule has 0 spiro atoms. The van der Waals surface area contributed by atoms with Gasteiger partial charge in [0.2, 0.25) is 10.0 Å². The van der Waals surface area contributed by atoms with Crippen LogP contribution >= 0.6 is 0 Å². The standard InChI is InChI=1S/C15H21NO4S/c1-11-8-12(2)10-16(9-11)21(18,19)14-7-5-4-6-13(14)15(17)20-3/h4-7,11-12H,8-10H2,1-3H3. The van der Waals surface area contributed by atoms with Crippen molar-refractivity contribution in [3.8, 4) is 0 Å². The molecule has 1 fully saturated rings. The number of piperidine rings is 1. The molecule has 0 amide bonds. The zero-order chi connectivity index (χ0) is 15.6. The number of hydrogen-bond acceptors (Lipinski definition) is 4. The van der Waals surface area contributed by atoms with E-state index in [2.05, 4.69) is 4.74 Å². The molecule has 1 aliphatic rings. The fourth-order valence-electron chi connectivity index (χ4n) is 2.91. The molecular weight excluding hydrogens is 290 g/mol. The first kappa shape index (κ1) is 16.0. The molecule has 116 valence electrons. The molecule has 0 bridgehead atoms. The zero-order valence-corrected chi connectivity index (χ0v) is 13.4. The lowest BCUT2D eigenvalue weighted by molar-refractivity contribution is 0.0596. The number of methoxy groups -OCH3 is 1. The quantitative estimate of drug-likeness (QED) is 0.802. The molecule has 1 saturated heterocycles. The summed E-state index contributed by atoms with van der Waals surface area (Å²) in [5.74, 6) is -0.00471. The van der Waals surface area contributed by atoms with Gasteiger partial charge in [0.05, 0.1) is 17.6 Å². The minimum atomic E-state index is -3.68. The summed E-state index contributed by atoms with van der Waals surface area (Å²) < 4.78 is 31.8. The number of benzene rings is 1. The molecule has 0 aromatic heterocycles. The van der Waals surface area contributed by atoms with E-state index >= 15 is 0 Å². The Morgan fingerprint density at radius 3 is 2.33 bits per heavy atom. The summed E-state index contributed by atoms with van der Waals surface area (Å²) in [6.45, 7) is 5.07. The van der Waals surface area contributed by atoms with Gasteiger partial charge >= 0.3 is 5.97 Å². The highest BCUT2D eigenvalue weighted by molar-refractivity contribution is 7.89. The maximum absolute atomic E-state index is 12.8.